The maximum absolute atomic E-state index is 14.0. The Kier molecular flexibility index (Phi) is 7.32. The van der Waals surface area contributed by atoms with E-state index in [4.69, 9.17) is 29.4 Å². The van der Waals surface area contributed by atoms with Crippen molar-refractivity contribution in [1.82, 2.24) is 9.47 Å². The van der Waals surface area contributed by atoms with Gasteiger partial charge in [-0.1, -0.05) is 12.1 Å². The highest BCUT2D eigenvalue weighted by atomic mass is 16.5. The van der Waals surface area contributed by atoms with Gasteiger partial charge in [0.25, 0.3) is 5.56 Å². The number of hydrogen-bond acceptors (Lipinski definition) is 9. The third kappa shape index (κ3) is 4.59. The van der Waals surface area contributed by atoms with Gasteiger partial charge in [0.15, 0.2) is 11.5 Å². The van der Waals surface area contributed by atoms with Gasteiger partial charge >= 0.3 is 5.97 Å². The van der Waals surface area contributed by atoms with Crippen molar-refractivity contribution in [3.63, 3.8) is 0 Å². The van der Waals surface area contributed by atoms with Gasteiger partial charge < -0.3 is 34.0 Å². The van der Waals surface area contributed by atoms with E-state index in [2.05, 4.69) is 4.90 Å². The molecule has 1 unspecified atom stereocenters. The van der Waals surface area contributed by atoms with Crippen molar-refractivity contribution in [1.29, 1.82) is 0 Å². The molecule has 2 aliphatic heterocycles. The normalized spacial score (nSPS) is 18.0. The minimum absolute atomic E-state index is 0.0345. The van der Waals surface area contributed by atoms with Crippen molar-refractivity contribution in [3.8, 4) is 17.2 Å². The number of morpholine rings is 1. The lowest BCUT2D eigenvalue weighted by Gasteiger charge is -2.31. The molecule has 1 aromatic carbocycles. The maximum Gasteiger partial charge on any atom is 0.340 e. The van der Waals surface area contributed by atoms with Gasteiger partial charge in [-0.2, -0.15) is 0 Å². The molecule has 0 aliphatic carbocycles. The van der Waals surface area contributed by atoms with Crippen LogP contribution in [0.15, 0.2) is 40.5 Å². The smallest absolute Gasteiger partial charge is 0.340 e. The van der Waals surface area contributed by atoms with Crippen molar-refractivity contribution >= 4 is 5.97 Å². The molecule has 1 fully saturated rings. The Hall–Kier alpha value is -3.50. The summed E-state index contributed by atoms with van der Waals surface area (Å²) in [5.74, 6) is -0.538. The molecule has 10 nitrogen and oxygen atoms in total. The predicted molar refractivity (Wildman–Crippen MR) is 128 cm³/mol. The van der Waals surface area contributed by atoms with Crippen LogP contribution in [0.25, 0.3) is 0 Å². The fourth-order valence-electron chi connectivity index (χ4n) is 4.69. The zero-order chi connectivity index (χ0) is 25.1. The highest BCUT2D eigenvalue weighted by molar-refractivity contribution is 5.93. The summed E-state index contributed by atoms with van der Waals surface area (Å²) in [7, 11) is 4.28. The Labute approximate surface area is 203 Å². The summed E-state index contributed by atoms with van der Waals surface area (Å²) in [6.45, 7) is 6.01. The van der Waals surface area contributed by atoms with E-state index in [1.54, 1.807) is 28.8 Å². The molecule has 10 heteroatoms. The molecular weight excluding hydrogens is 454 g/mol. The van der Waals surface area contributed by atoms with E-state index < -0.39 is 11.9 Å². The van der Waals surface area contributed by atoms with Gasteiger partial charge in [-0.05, 0) is 13.0 Å². The molecule has 188 valence electrons. The van der Waals surface area contributed by atoms with Gasteiger partial charge in [0.05, 0.1) is 46.0 Å². The van der Waals surface area contributed by atoms with E-state index in [0.717, 1.165) is 18.8 Å². The molecule has 1 atom stereocenters. The number of carbonyl (C=O) groups is 1. The number of nitrogens with zero attached hydrogens (tertiary/aromatic N) is 2. The van der Waals surface area contributed by atoms with Crippen molar-refractivity contribution in [2.45, 2.75) is 19.4 Å². The van der Waals surface area contributed by atoms with Crippen LogP contribution in [0.4, 0.5) is 0 Å². The number of methoxy groups -OCH3 is 3. The maximum atomic E-state index is 14.0. The summed E-state index contributed by atoms with van der Waals surface area (Å²) in [5, 5.41) is 0. The number of para-hydroxylation sites is 1. The first-order valence-electron chi connectivity index (χ1n) is 11.4. The largest absolute Gasteiger partial charge is 0.493 e. The summed E-state index contributed by atoms with van der Waals surface area (Å²) in [5.41, 5.74) is 7.54. The van der Waals surface area contributed by atoms with Crippen LogP contribution >= 0.6 is 0 Å². The third-order valence-electron chi connectivity index (χ3n) is 6.46. The number of fused-ring (bicyclic) bond motifs is 1. The second kappa shape index (κ2) is 10.4. The van der Waals surface area contributed by atoms with Gasteiger partial charge in [0.2, 0.25) is 5.88 Å². The number of benzene rings is 1. The second-order valence-corrected chi connectivity index (χ2v) is 8.36. The van der Waals surface area contributed by atoms with E-state index in [1.165, 1.54) is 21.3 Å². The van der Waals surface area contributed by atoms with Gasteiger partial charge in [0.1, 0.15) is 11.3 Å². The quantitative estimate of drug-likeness (QED) is 0.581. The van der Waals surface area contributed by atoms with E-state index in [9.17, 15) is 9.59 Å². The summed E-state index contributed by atoms with van der Waals surface area (Å²) in [4.78, 5) is 29.1. The monoisotopic (exact) mass is 485 g/mol. The van der Waals surface area contributed by atoms with Crippen molar-refractivity contribution in [3.05, 3.63) is 62.9 Å². The van der Waals surface area contributed by atoms with Crippen molar-refractivity contribution in [2.75, 3.05) is 54.2 Å². The number of aryl methyl sites for hydroxylation is 1. The van der Waals surface area contributed by atoms with Crippen LogP contribution in [0, 0.1) is 6.92 Å². The molecule has 2 aliphatic rings. The first-order valence-corrected chi connectivity index (χ1v) is 11.4. The molecule has 0 spiro atoms. The molecule has 1 aromatic heterocycles. The van der Waals surface area contributed by atoms with Gasteiger partial charge in [-0.25, -0.2) is 4.79 Å². The van der Waals surface area contributed by atoms with Gasteiger partial charge in [-0.3, -0.25) is 9.69 Å². The number of aromatic nitrogens is 1. The number of carbonyl (C=O) groups excluding carboxylic acids is 1. The fraction of sp³-hybridized carbons (Fsp3) is 0.440. The SMILES string of the molecule is COC(=O)C1=C(N)Oc2cc(C)n(CCN3CCOCC3)c(=O)c2C1c1cccc(OC)c1OC. The Morgan fingerprint density at radius 3 is 2.54 bits per heavy atom. The fourth-order valence-corrected chi connectivity index (χ4v) is 4.69. The van der Waals surface area contributed by atoms with E-state index in [-0.39, 0.29) is 17.0 Å². The van der Waals surface area contributed by atoms with Crippen LogP contribution in [0.5, 0.6) is 17.2 Å². The van der Waals surface area contributed by atoms with Crippen LogP contribution in [-0.2, 0) is 20.8 Å². The Balaban J connectivity index is 1.88. The van der Waals surface area contributed by atoms with Crippen LogP contribution in [0.1, 0.15) is 22.7 Å². The number of nitrogens with two attached hydrogens (primary N) is 1. The van der Waals surface area contributed by atoms with Crippen molar-refractivity contribution < 1.29 is 28.5 Å². The van der Waals surface area contributed by atoms with Crippen LogP contribution in [-0.4, -0.2) is 69.6 Å². The van der Waals surface area contributed by atoms with Crippen LogP contribution in [0.3, 0.4) is 0 Å². The third-order valence-corrected chi connectivity index (χ3v) is 6.46. The first-order chi connectivity index (χ1) is 16.9. The molecule has 4 rings (SSSR count). The lowest BCUT2D eigenvalue weighted by atomic mass is 9.82. The number of rotatable bonds is 7. The van der Waals surface area contributed by atoms with E-state index in [1.807, 2.05) is 6.92 Å². The summed E-state index contributed by atoms with van der Waals surface area (Å²) >= 11 is 0. The number of ether oxygens (including phenoxy) is 5. The first kappa shape index (κ1) is 24.6. The summed E-state index contributed by atoms with van der Waals surface area (Å²) in [6.07, 6.45) is 0. The molecule has 0 radical (unpaired) electrons. The number of hydrogen-bond donors (Lipinski definition) is 1. The lowest BCUT2D eigenvalue weighted by molar-refractivity contribution is -0.136. The lowest BCUT2D eigenvalue weighted by Crippen LogP contribution is -2.40. The van der Waals surface area contributed by atoms with Gasteiger partial charge in [-0.15, -0.1) is 0 Å². The van der Waals surface area contributed by atoms with Crippen molar-refractivity contribution in [2.24, 2.45) is 5.73 Å². The minimum atomic E-state index is -0.876. The second-order valence-electron chi connectivity index (χ2n) is 8.36. The summed E-state index contributed by atoms with van der Waals surface area (Å²) in [6, 6.07) is 7.05. The predicted octanol–water partition coefficient (Wildman–Crippen LogP) is 1.37. The molecule has 0 bridgehead atoms. The Morgan fingerprint density at radius 2 is 1.89 bits per heavy atom. The zero-order valence-electron chi connectivity index (χ0n) is 20.5. The standard InChI is InChI=1S/C25H31N3O7/c1-15-14-18-20(24(29)28(15)9-8-27-10-12-34-13-11-27)19(21(23(26)35-18)25(30)33-4)16-6-5-7-17(31-2)22(16)32-3/h5-7,14,19H,8-13,26H2,1-4H3. The van der Waals surface area contributed by atoms with E-state index in [0.29, 0.717) is 54.7 Å². The molecule has 1 saturated heterocycles. The molecule has 2 aromatic rings. The number of pyridine rings is 1. The Morgan fingerprint density at radius 1 is 1.14 bits per heavy atom. The molecule has 35 heavy (non-hydrogen) atoms. The minimum Gasteiger partial charge on any atom is -0.493 e. The zero-order valence-corrected chi connectivity index (χ0v) is 20.5. The number of esters is 1. The van der Waals surface area contributed by atoms with Crippen LogP contribution < -0.4 is 25.5 Å². The van der Waals surface area contributed by atoms with Crippen LogP contribution in [0.2, 0.25) is 0 Å². The average molecular weight is 486 g/mol. The topological polar surface area (TPSA) is 114 Å². The highest BCUT2D eigenvalue weighted by Gasteiger charge is 2.40. The molecule has 2 N–H and O–H groups in total. The highest BCUT2D eigenvalue weighted by Crippen LogP contribution is 2.46. The molecule has 0 amide bonds. The van der Waals surface area contributed by atoms with Gasteiger partial charge in [0, 0.05) is 43.5 Å². The average Bonchev–Trinajstić information content (AvgIpc) is 2.87. The molecular formula is C25H31N3O7. The van der Waals surface area contributed by atoms with E-state index >= 15 is 0 Å². The Bertz CT molecular complexity index is 1200. The molecule has 0 saturated carbocycles. The summed E-state index contributed by atoms with van der Waals surface area (Å²) < 4.78 is 29.1. The molecule has 3 heterocycles.